The van der Waals surface area contributed by atoms with Crippen LogP contribution in [0.1, 0.15) is 23.5 Å². The zero-order chi connectivity index (χ0) is 29.1. The van der Waals surface area contributed by atoms with Crippen molar-refractivity contribution in [2.45, 2.75) is 42.0 Å². The second-order valence-corrected chi connectivity index (χ2v) is 11.7. The fourth-order valence-corrected chi connectivity index (χ4v) is 7.57. The van der Waals surface area contributed by atoms with Crippen molar-refractivity contribution in [2.75, 3.05) is 47.9 Å². The van der Waals surface area contributed by atoms with Gasteiger partial charge in [-0.05, 0) is 32.2 Å². The van der Waals surface area contributed by atoms with E-state index in [0.29, 0.717) is 24.3 Å². The summed E-state index contributed by atoms with van der Waals surface area (Å²) >= 11 is 0. The predicted octanol–water partition coefficient (Wildman–Crippen LogP) is 3.21. The third-order valence-electron chi connectivity index (χ3n) is 9.22. The molecular formula is C31H37F2N3O5. The number of nitrogens with zero attached hydrogens (tertiary/aromatic N) is 3. The van der Waals surface area contributed by atoms with Crippen LogP contribution < -0.4 is 14.2 Å². The van der Waals surface area contributed by atoms with Crippen molar-refractivity contribution in [2.24, 2.45) is 11.8 Å². The number of halogens is 2. The number of hydrogen-bond acceptors (Lipinski definition) is 8. The van der Waals surface area contributed by atoms with Gasteiger partial charge in [-0.2, -0.15) is 4.98 Å². The van der Waals surface area contributed by atoms with Crippen LogP contribution in [0, 0.1) is 11.8 Å². The first-order valence-corrected chi connectivity index (χ1v) is 14.0. The Morgan fingerprint density at radius 2 is 1.83 bits per heavy atom. The maximum absolute atomic E-state index is 14.0. The third kappa shape index (κ3) is 4.06. The Bertz CT molecular complexity index is 1350. The number of aliphatic hydroxyl groups excluding tert-OH is 1. The lowest BCUT2D eigenvalue weighted by atomic mass is 9.65. The Hall–Kier alpha value is -3.21. The number of pyridine rings is 1. The average molecular weight is 570 g/mol. The summed E-state index contributed by atoms with van der Waals surface area (Å²) < 4.78 is 46.0. The van der Waals surface area contributed by atoms with Gasteiger partial charge in [-0.15, -0.1) is 0 Å². The van der Waals surface area contributed by atoms with Crippen molar-refractivity contribution in [1.82, 2.24) is 14.8 Å². The number of likely N-dealkylation sites (tertiary alicyclic amines) is 1. The van der Waals surface area contributed by atoms with E-state index in [4.69, 9.17) is 14.2 Å². The Balaban J connectivity index is 1.52. The summed E-state index contributed by atoms with van der Waals surface area (Å²) in [6, 6.07) is 11.4. The first kappa shape index (κ1) is 27.9. The topological polar surface area (TPSA) is 87.5 Å². The summed E-state index contributed by atoms with van der Waals surface area (Å²) in [6.07, 6.45) is 1.88. The van der Waals surface area contributed by atoms with Crippen LogP contribution in [-0.2, 0) is 5.60 Å². The molecule has 2 aliphatic carbocycles. The van der Waals surface area contributed by atoms with Gasteiger partial charge in [0.05, 0.1) is 39.0 Å². The maximum atomic E-state index is 14.0. The molecule has 4 aliphatic rings. The highest BCUT2D eigenvalue weighted by molar-refractivity contribution is 5.58. The van der Waals surface area contributed by atoms with Crippen molar-refractivity contribution >= 4 is 0 Å². The SMILES string of the molecule is COc1cc2c(c(OC)n1)[C@]1(O)[C@H](O)[C@H](CN(C)C)[C@@H](c3ccccc3)[C@]1(C1C=CC(N3C[C@@H](F)[C@H](F)C3)=CC1)O2. The average Bonchev–Trinajstić information content (AvgIpc) is 3.51. The van der Waals surface area contributed by atoms with Crippen LogP contribution in [0.4, 0.5) is 8.78 Å². The van der Waals surface area contributed by atoms with Crippen molar-refractivity contribution in [3.63, 3.8) is 0 Å². The lowest BCUT2D eigenvalue weighted by molar-refractivity contribution is -0.163. The molecule has 10 heteroatoms. The lowest BCUT2D eigenvalue weighted by Gasteiger charge is -2.45. The molecule has 3 heterocycles. The quantitative estimate of drug-likeness (QED) is 0.526. The molecule has 1 aromatic carbocycles. The van der Waals surface area contributed by atoms with Crippen molar-refractivity contribution < 1.29 is 33.2 Å². The molecule has 0 radical (unpaired) electrons. The number of ether oxygens (including phenoxy) is 3. The molecule has 2 N–H and O–H groups in total. The van der Waals surface area contributed by atoms with E-state index < -0.39 is 47.4 Å². The zero-order valence-corrected chi connectivity index (χ0v) is 23.7. The normalized spacial score (nSPS) is 35.7. The summed E-state index contributed by atoms with van der Waals surface area (Å²) in [5.74, 6) is -0.576. The van der Waals surface area contributed by atoms with Crippen LogP contribution in [0.2, 0.25) is 0 Å². The molecule has 1 unspecified atom stereocenters. The fourth-order valence-electron chi connectivity index (χ4n) is 7.57. The molecule has 0 amide bonds. The van der Waals surface area contributed by atoms with Gasteiger partial charge in [0.25, 0.3) is 0 Å². The number of allylic oxidation sites excluding steroid dienone is 2. The highest BCUT2D eigenvalue weighted by Gasteiger charge is 2.78. The van der Waals surface area contributed by atoms with E-state index in [0.717, 1.165) is 11.3 Å². The molecular weight excluding hydrogens is 532 g/mol. The Morgan fingerprint density at radius 1 is 1.12 bits per heavy atom. The second kappa shape index (κ2) is 10.3. The standard InChI is InChI=1S/C31H37F2N3O5/c1-35(2)15-21-26(18-8-6-5-7-9-18)31(19-10-12-20(13-11-19)36-16-22(32)23(33)17-36)30(38,28(21)37)27-24(41-31)14-25(39-3)34-29(27)40-4/h5-10,12-14,19,21-23,26,28,37-38H,11,15-17H2,1-4H3/t19?,21-,22-,23-,26-,28-,30+,31+/m1/s1. The molecule has 0 bridgehead atoms. The zero-order valence-electron chi connectivity index (χ0n) is 23.7. The van der Waals surface area contributed by atoms with E-state index >= 15 is 0 Å². The molecule has 2 aromatic rings. The molecule has 2 fully saturated rings. The molecule has 1 saturated heterocycles. The van der Waals surface area contributed by atoms with E-state index in [1.54, 1.807) is 11.0 Å². The number of benzene rings is 1. The molecule has 41 heavy (non-hydrogen) atoms. The van der Waals surface area contributed by atoms with Gasteiger partial charge in [0, 0.05) is 36.1 Å². The first-order valence-electron chi connectivity index (χ1n) is 14.0. The Kier molecular flexibility index (Phi) is 6.99. The largest absolute Gasteiger partial charge is 0.482 e. The predicted molar refractivity (Wildman–Crippen MR) is 149 cm³/mol. The fraction of sp³-hybridized carbons (Fsp3) is 0.516. The van der Waals surface area contributed by atoms with E-state index in [1.807, 2.05) is 67.6 Å². The highest BCUT2D eigenvalue weighted by Crippen LogP contribution is 2.69. The molecule has 1 aromatic heterocycles. The summed E-state index contributed by atoms with van der Waals surface area (Å²) in [6.45, 7) is 0.479. The second-order valence-electron chi connectivity index (χ2n) is 11.7. The van der Waals surface area contributed by atoms with Crippen molar-refractivity contribution in [3.8, 4) is 17.5 Å². The maximum Gasteiger partial charge on any atom is 0.226 e. The Morgan fingerprint density at radius 3 is 2.41 bits per heavy atom. The molecule has 8 atom stereocenters. The van der Waals surface area contributed by atoms with Gasteiger partial charge in [0.1, 0.15) is 5.75 Å². The van der Waals surface area contributed by atoms with Gasteiger partial charge in [-0.1, -0.05) is 42.5 Å². The molecule has 0 spiro atoms. The molecule has 1 saturated carbocycles. The number of aliphatic hydroxyl groups is 2. The van der Waals surface area contributed by atoms with Gasteiger partial charge in [-0.3, -0.25) is 0 Å². The van der Waals surface area contributed by atoms with Gasteiger partial charge in [0.15, 0.2) is 23.5 Å². The van der Waals surface area contributed by atoms with Gasteiger partial charge in [-0.25, -0.2) is 8.78 Å². The van der Waals surface area contributed by atoms with Gasteiger partial charge >= 0.3 is 0 Å². The van der Waals surface area contributed by atoms with Crippen molar-refractivity contribution in [1.29, 1.82) is 0 Å². The van der Waals surface area contributed by atoms with Crippen LogP contribution in [0.3, 0.4) is 0 Å². The van der Waals surface area contributed by atoms with Crippen LogP contribution in [-0.4, -0.2) is 97.0 Å². The van der Waals surface area contributed by atoms with Crippen molar-refractivity contribution in [3.05, 3.63) is 71.5 Å². The lowest BCUT2D eigenvalue weighted by Crippen LogP contribution is -2.58. The number of rotatable bonds is 7. The van der Waals surface area contributed by atoms with Crippen LogP contribution in [0.25, 0.3) is 0 Å². The minimum Gasteiger partial charge on any atom is -0.482 e. The number of alkyl halides is 2. The van der Waals surface area contributed by atoms with E-state index in [1.165, 1.54) is 14.2 Å². The highest BCUT2D eigenvalue weighted by atomic mass is 19.2. The van der Waals surface area contributed by atoms with Crippen LogP contribution in [0.5, 0.6) is 17.5 Å². The van der Waals surface area contributed by atoms with Crippen LogP contribution in [0.15, 0.2) is 60.3 Å². The molecule has 220 valence electrons. The smallest absolute Gasteiger partial charge is 0.226 e. The summed E-state index contributed by atoms with van der Waals surface area (Å²) in [7, 11) is 6.81. The van der Waals surface area contributed by atoms with E-state index in [9.17, 15) is 19.0 Å². The third-order valence-corrected chi connectivity index (χ3v) is 9.22. The first-order chi connectivity index (χ1) is 19.6. The molecule has 8 nitrogen and oxygen atoms in total. The number of hydrogen-bond donors (Lipinski definition) is 2. The summed E-state index contributed by atoms with van der Waals surface area (Å²) in [4.78, 5) is 8.15. The van der Waals surface area contributed by atoms with Crippen LogP contribution >= 0.6 is 0 Å². The molecule has 6 rings (SSSR count). The summed E-state index contributed by atoms with van der Waals surface area (Å²) in [5, 5.41) is 25.1. The van der Waals surface area contributed by atoms with Gasteiger partial charge < -0.3 is 34.2 Å². The monoisotopic (exact) mass is 569 g/mol. The minimum atomic E-state index is -1.91. The number of methoxy groups -OCH3 is 2. The molecule has 2 aliphatic heterocycles. The Labute approximate surface area is 238 Å². The summed E-state index contributed by atoms with van der Waals surface area (Å²) in [5.41, 5.74) is -1.33. The minimum absolute atomic E-state index is 0.00203. The number of fused-ring (bicyclic) bond motifs is 3. The van der Waals surface area contributed by atoms with E-state index in [2.05, 4.69) is 4.98 Å². The van der Waals surface area contributed by atoms with E-state index in [-0.39, 0.29) is 24.8 Å². The number of aromatic nitrogens is 1. The van der Waals surface area contributed by atoms with Gasteiger partial charge in [0.2, 0.25) is 11.8 Å².